The second-order valence-corrected chi connectivity index (χ2v) is 7.62. The normalized spacial score (nSPS) is 18.6. The highest BCUT2D eigenvalue weighted by molar-refractivity contribution is 5.93. The fourth-order valence-corrected chi connectivity index (χ4v) is 4.08. The highest BCUT2D eigenvalue weighted by Crippen LogP contribution is 2.35. The second-order valence-electron chi connectivity index (χ2n) is 7.62. The zero-order valence-electron chi connectivity index (χ0n) is 16.6. The van der Waals surface area contributed by atoms with E-state index in [0.29, 0.717) is 35.3 Å². The first-order chi connectivity index (χ1) is 14.6. The number of aromatic nitrogens is 4. The Labute approximate surface area is 172 Å². The number of piperidine rings is 1. The van der Waals surface area contributed by atoms with Gasteiger partial charge in [-0.25, -0.2) is 0 Å². The third-order valence-corrected chi connectivity index (χ3v) is 5.47. The van der Waals surface area contributed by atoms with Crippen LogP contribution in [0.3, 0.4) is 0 Å². The van der Waals surface area contributed by atoms with Crippen LogP contribution in [0, 0.1) is 0 Å². The van der Waals surface area contributed by atoms with Gasteiger partial charge in [0.15, 0.2) is 11.5 Å². The van der Waals surface area contributed by atoms with Crippen molar-refractivity contribution >= 4 is 5.91 Å². The number of primary amides is 1. The van der Waals surface area contributed by atoms with Crippen molar-refractivity contribution in [2.24, 2.45) is 12.8 Å². The molecule has 1 atom stereocenters. The number of aryl methyl sites for hydroxylation is 1. The number of carbonyl (C=O) groups excluding carboxylic acids is 1. The predicted octanol–water partition coefficient (Wildman–Crippen LogP) is 1.68. The first-order valence-corrected chi connectivity index (χ1v) is 9.85. The predicted molar refractivity (Wildman–Crippen MR) is 105 cm³/mol. The second kappa shape index (κ2) is 7.45. The minimum atomic E-state index is -0.444. The minimum absolute atomic E-state index is 0.138. The molecule has 0 unspecified atom stereocenters. The monoisotopic (exact) mass is 410 g/mol. The van der Waals surface area contributed by atoms with Gasteiger partial charge in [0.05, 0.1) is 17.8 Å². The van der Waals surface area contributed by atoms with Crippen molar-refractivity contribution in [3.63, 3.8) is 0 Å². The summed E-state index contributed by atoms with van der Waals surface area (Å²) < 4.78 is 17.9. The van der Waals surface area contributed by atoms with Crippen LogP contribution in [0.25, 0.3) is 11.4 Å². The number of nitrogens with two attached hydrogens (primary N) is 1. The molecule has 2 aliphatic rings. The lowest BCUT2D eigenvalue weighted by Crippen LogP contribution is -2.34. The number of benzene rings is 1. The van der Waals surface area contributed by atoms with Crippen LogP contribution < -0.4 is 15.2 Å². The third-order valence-electron chi connectivity index (χ3n) is 5.47. The molecule has 0 spiro atoms. The summed E-state index contributed by atoms with van der Waals surface area (Å²) in [5, 5.41) is 8.59. The molecule has 0 saturated carbocycles. The number of rotatable bonds is 5. The summed E-state index contributed by atoms with van der Waals surface area (Å²) in [5.41, 5.74) is 7.60. The van der Waals surface area contributed by atoms with Gasteiger partial charge in [-0.3, -0.25) is 14.4 Å². The molecule has 0 bridgehead atoms. The first-order valence-electron chi connectivity index (χ1n) is 9.85. The summed E-state index contributed by atoms with van der Waals surface area (Å²) >= 11 is 0. The molecule has 10 nitrogen and oxygen atoms in total. The zero-order chi connectivity index (χ0) is 20.7. The third kappa shape index (κ3) is 3.50. The Kier molecular flexibility index (Phi) is 4.62. The number of likely N-dealkylation sites (tertiary alicyclic amines) is 1. The zero-order valence-corrected chi connectivity index (χ0v) is 16.6. The molecule has 2 N–H and O–H groups in total. The summed E-state index contributed by atoms with van der Waals surface area (Å²) in [6, 6.07) is 5.57. The van der Waals surface area contributed by atoms with Crippen molar-refractivity contribution < 1.29 is 18.8 Å². The quantitative estimate of drug-likeness (QED) is 0.674. The van der Waals surface area contributed by atoms with Gasteiger partial charge in [0, 0.05) is 31.3 Å². The smallest absolute Gasteiger partial charge is 0.252 e. The number of hydrogen-bond acceptors (Lipinski definition) is 8. The standard InChI is InChI=1S/C20H22N6O4/c1-25-9-14(19(21)27)18(23-25)13-3-2-6-26(8-13)10-17-22-20(24-30-17)12-4-5-15-16(7-12)29-11-28-15/h4-5,7,9,13H,2-3,6,8,10-11H2,1H3,(H2,21,27)/t13-/m0/s1. The Bertz CT molecular complexity index is 1090. The van der Waals surface area contributed by atoms with Crippen LogP contribution in [0.15, 0.2) is 28.9 Å². The summed E-state index contributed by atoms with van der Waals surface area (Å²) in [6.07, 6.45) is 3.63. The molecule has 10 heteroatoms. The summed E-state index contributed by atoms with van der Waals surface area (Å²) in [4.78, 5) is 18.5. The molecule has 3 aromatic rings. The van der Waals surface area contributed by atoms with Crippen LogP contribution in [0.5, 0.6) is 11.5 Å². The highest BCUT2D eigenvalue weighted by atomic mass is 16.7. The van der Waals surface area contributed by atoms with Crippen molar-refractivity contribution in [3.05, 3.63) is 41.5 Å². The van der Waals surface area contributed by atoms with Crippen LogP contribution in [-0.4, -0.2) is 50.6 Å². The van der Waals surface area contributed by atoms with Gasteiger partial charge in [0.1, 0.15) is 0 Å². The molecule has 2 aromatic heterocycles. The maximum atomic E-state index is 11.8. The largest absolute Gasteiger partial charge is 0.454 e. The molecule has 1 saturated heterocycles. The van der Waals surface area contributed by atoms with E-state index in [9.17, 15) is 4.79 Å². The maximum Gasteiger partial charge on any atom is 0.252 e. The van der Waals surface area contributed by atoms with Crippen molar-refractivity contribution in [1.29, 1.82) is 0 Å². The number of amides is 1. The molecule has 5 rings (SSSR count). The number of ether oxygens (including phenoxy) is 2. The van der Waals surface area contributed by atoms with Gasteiger partial charge in [-0.15, -0.1) is 0 Å². The van der Waals surface area contributed by atoms with E-state index in [1.165, 1.54) is 0 Å². The van der Waals surface area contributed by atoms with E-state index in [1.807, 2.05) is 18.2 Å². The van der Waals surface area contributed by atoms with Crippen molar-refractivity contribution in [2.45, 2.75) is 25.3 Å². The van der Waals surface area contributed by atoms with Crippen molar-refractivity contribution in [3.8, 4) is 22.9 Å². The molecular formula is C20H22N6O4. The average Bonchev–Trinajstić information content (AvgIpc) is 3.46. The van der Waals surface area contributed by atoms with Gasteiger partial charge in [-0.2, -0.15) is 10.1 Å². The number of nitrogens with zero attached hydrogens (tertiary/aromatic N) is 5. The molecule has 1 aromatic carbocycles. The van der Waals surface area contributed by atoms with Crippen LogP contribution in [-0.2, 0) is 13.6 Å². The van der Waals surface area contributed by atoms with Crippen molar-refractivity contribution in [1.82, 2.24) is 24.8 Å². The van der Waals surface area contributed by atoms with Crippen LogP contribution in [0.2, 0.25) is 0 Å². The molecular weight excluding hydrogens is 388 g/mol. The van der Waals surface area contributed by atoms with E-state index in [1.54, 1.807) is 17.9 Å². The van der Waals surface area contributed by atoms with E-state index >= 15 is 0 Å². The van der Waals surface area contributed by atoms with Gasteiger partial charge in [0.2, 0.25) is 18.5 Å². The molecule has 30 heavy (non-hydrogen) atoms. The lowest BCUT2D eigenvalue weighted by Gasteiger charge is -2.31. The van der Waals surface area contributed by atoms with Gasteiger partial charge < -0.3 is 19.7 Å². The molecule has 156 valence electrons. The van der Waals surface area contributed by atoms with Gasteiger partial charge in [-0.05, 0) is 37.6 Å². The first kappa shape index (κ1) is 18.6. The molecule has 4 heterocycles. The molecule has 2 aliphatic heterocycles. The fraction of sp³-hybridized carbons (Fsp3) is 0.400. The topological polar surface area (TPSA) is 122 Å². The van der Waals surface area contributed by atoms with Gasteiger partial charge >= 0.3 is 0 Å². The Morgan fingerprint density at radius 2 is 2.17 bits per heavy atom. The van der Waals surface area contributed by atoms with Crippen LogP contribution >= 0.6 is 0 Å². The Hall–Kier alpha value is -3.40. The van der Waals surface area contributed by atoms with Gasteiger partial charge in [0.25, 0.3) is 5.91 Å². The average molecular weight is 410 g/mol. The summed E-state index contributed by atoms with van der Waals surface area (Å²) in [6.45, 7) is 2.42. The van der Waals surface area contributed by atoms with Crippen molar-refractivity contribution in [2.75, 3.05) is 19.9 Å². The Morgan fingerprint density at radius 3 is 3.03 bits per heavy atom. The number of carbonyl (C=O) groups is 1. The maximum absolute atomic E-state index is 11.8. The SMILES string of the molecule is Cn1cc(C(N)=O)c([C@H]2CCCN(Cc3nc(-c4ccc5c(c4)OCO5)no3)C2)n1. The van der Waals surface area contributed by atoms with Crippen LogP contribution in [0.4, 0.5) is 0 Å². The molecule has 1 fully saturated rings. The van der Waals surface area contributed by atoms with E-state index in [0.717, 1.165) is 37.2 Å². The van der Waals surface area contributed by atoms with E-state index < -0.39 is 5.91 Å². The minimum Gasteiger partial charge on any atom is -0.454 e. The number of fused-ring (bicyclic) bond motifs is 1. The fourth-order valence-electron chi connectivity index (χ4n) is 4.08. The van der Waals surface area contributed by atoms with Gasteiger partial charge in [-0.1, -0.05) is 5.16 Å². The lowest BCUT2D eigenvalue weighted by atomic mass is 9.92. The Balaban J connectivity index is 1.29. The molecule has 1 amide bonds. The highest BCUT2D eigenvalue weighted by Gasteiger charge is 2.28. The molecule has 0 radical (unpaired) electrons. The van der Waals surface area contributed by atoms with E-state index in [4.69, 9.17) is 19.7 Å². The van der Waals surface area contributed by atoms with E-state index in [-0.39, 0.29) is 12.7 Å². The van der Waals surface area contributed by atoms with Crippen LogP contribution in [0.1, 0.15) is 40.7 Å². The molecule has 0 aliphatic carbocycles. The Morgan fingerprint density at radius 1 is 1.30 bits per heavy atom. The summed E-state index contributed by atoms with van der Waals surface area (Å²) in [7, 11) is 1.80. The summed E-state index contributed by atoms with van der Waals surface area (Å²) in [5.74, 6) is 2.14. The number of hydrogen-bond donors (Lipinski definition) is 1. The van der Waals surface area contributed by atoms with E-state index in [2.05, 4.69) is 20.1 Å². The lowest BCUT2D eigenvalue weighted by molar-refractivity contribution is 0.0997.